The number of nitrogens with one attached hydrogen (secondary N) is 1. The van der Waals surface area contributed by atoms with Gasteiger partial charge in [-0.1, -0.05) is 35.4 Å². The standard InChI is InChI=1S/C18H21ClN2O3S/c1-12-8-13(2)18(14(3)9-12)25(23,24)21(4)17(22)11-20-16-7-5-6-15(19)10-16/h5-10,20H,11H2,1-4H3. The topological polar surface area (TPSA) is 66.5 Å². The maximum absolute atomic E-state index is 12.8. The lowest BCUT2D eigenvalue weighted by molar-refractivity contribution is -0.123. The first-order valence-electron chi connectivity index (χ1n) is 7.72. The van der Waals surface area contributed by atoms with Crippen molar-refractivity contribution >= 4 is 33.2 Å². The molecular formula is C18H21ClN2O3S. The van der Waals surface area contributed by atoms with Crippen molar-refractivity contribution in [2.75, 3.05) is 18.9 Å². The Morgan fingerprint density at radius 2 is 1.72 bits per heavy atom. The highest BCUT2D eigenvalue weighted by molar-refractivity contribution is 7.89. The molecule has 0 unspecified atom stereocenters. The second kappa shape index (κ2) is 7.45. The number of rotatable bonds is 5. The quantitative estimate of drug-likeness (QED) is 0.861. The Hall–Kier alpha value is -2.05. The van der Waals surface area contributed by atoms with E-state index in [0.29, 0.717) is 21.8 Å². The molecule has 5 nitrogen and oxygen atoms in total. The molecule has 0 aliphatic carbocycles. The highest BCUT2D eigenvalue weighted by Crippen LogP contribution is 2.24. The van der Waals surface area contributed by atoms with Crippen molar-refractivity contribution in [2.24, 2.45) is 0 Å². The Balaban J connectivity index is 2.21. The van der Waals surface area contributed by atoms with Crippen LogP contribution in [0.4, 0.5) is 5.69 Å². The number of likely N-dealkylation sites (N-methyl/N-ethyl adjacent to an activating group) is 1. The number of nitrogens with zero attached hydrogens (tertiary/aromatic N) is 1. The third-order valence-corrected chi connectivity index (χ3v) is 6.16. The summed E-state index contributed by atoms with van der Waals surface area (Å²) in [7, 11) is -2.64. The zero-order valence-corrected chi connectivity index (χ0v) is 16.2. The third-order valence-electron chi connectivity index (χ3n) is 3.84. The smallest absolute Gasteiger partial charge is 0.266 e. The molecule has 0 spiro atoms. The van der Waals surface area contributed by atoms with Crippen molar-refractivity contribution in [1.82, 2.24) is 4.31 Å². The summed E-state index contributed by atoms with van der Waals surface area (Å²) in [5.74, 6) is -0.556. The first-order chi connectivity index (χ1) is 11.6. The Morgan fingerprint density at radius 1 is 1.12 bits per heavy atom. The predicted octanol–water partition coefficient (Wildman–Crippen LogP) is 3.52. The summed E-state index contributed by atoms with van der Waals surface area (Å²) >= 11 is 5.89. The average Bonchev–Trinajstić information content (AvgIpc) is 2.50. The van der Waals surface area contributed by atoms with Crippen LogP contribution in [0.25, 0.3) is 0 Å². The zero-order chi connectivity index (χ0) is 18.8. The molecule has 0 saturated carbocycles. The Labute approximate surface area is 153 Å². The fraction of sp³-hybridized carbons (Fsp3) is 0.278. The molecule has 0 fully saturated rings. The summed E-state index contributed by atoms with van der Waals surface area (Å²) in [4.78, 5) is 12.5. The number of carbonyl (C=O) groups is 1. The van der Waals surface area contributed by atoms with Crippen LogP contribution < -0.4 is 5.32 Å². The highest BCUT2D eigenvalue weighted by atomic mass is 35.5. The van der Waals surface area contributed by atoms with Gasteiger partial charge in [-0.3, -0.25) is 4.79 Å². The second-order valence-corrected chi connectivity index (χ2v) is 8.30. The van der Waals surface area contributed by atoms with Gasteiger partial charge >= 0.3 is 0 Å². The summed E-state index contributed by atoms with van der Waals surface area (Å²) in [5, 5.41) is 3.42. The molecule has 0 aromatic heterocycles. The zero-order valence-electron chi connectivity index (χ0n) is 14.6. The van der Waals surface area contributed by atoms with E-state index < -0.39 is 15.9 Å². The number of hydrogen-bond donors (Lipinski definition) is 1. The van der Waals surface area contributed by atoms with Gasteiger partial charge in [0.15, 0.2) is 0 Å². The van der Waals surface area contributed by atoms with Crippen LogP contribution >= 0.6 is 11.6 Å². The Morgan fingerprint density at radius 3 is 2.28 bits per heavy atom. The monoisotopic (exact) mass is 380 g/mol. The third kappa shape index (κ3) is 4.32. The number of benzene rings is 2. The maximum Gasteiger partial charge on any atom is 0.266 e. The first kappa shape index (κ1) is 19.3. The lowest BCUT2D eigenvalue weighted by atomic mass is 10.1. The normalized spacial score (nSPS) is 11.2. The SMILES string of the molecule is Cc1cc(C)c(S(=O)(=O)N(C)C(=O)CNc2cccc(Cl)c2)c(C)c1. The van der Waals surface area contributed by atoms with Gasteiger partial charge < -0.3 is 5.32 Å². The van der Waals surface area contributed by atoms with Gasteiger partial charge in [-0.2, -0.15) is 0 Å². The fourth-order valence-corrected chi connectivity index (χ4v) is 4.46. The van der Waals surface area contributed by atoms with Crippen LogP contribution in [0.3, 0.4) is 0 Å². The molecule has 2 aromatic carbocycles. The van der Waals surface area contributed by atoms with Gasteiger partial charge in [0.25, 0.3) is 15.9 Å². The molecular weight excluding hydrogens is 360 g/mol. The molecule has 0 aliphatic rings. The van der Waals surface area contributed by atoms with Crippen LogP contribution in [0, 0.1) is 20.8 Å². The van der Waals surface area contributed by atoms with Gasteiger partial charge in [0.2, 0.25) is 0 Å². The van der Waals surface area contributed by atoms with Gasteiger partial charge in [0.1, 0.15) is 0 Å². The minimum absolute atomic E-state index is 0.153. The number of sulfonamides is 1. The molecule has 0 bridgehead atoms. The van der Waals surface area contributed by atoms with Crippen molar-refractivity contribution in [1.29, 1.82) is 0 Å². The summed E-state index contributed by atoms with van der Waals surface area (Å²) in [6.07, 6.45) is 0. The molecule has 0 atom stereocenters. The van der Waals surface area contributed by atoms with E-state index in [-0.39, 0.29) is 11.4 Å². The molecule has 0 aliphatic heterocycles. The van der Waals surface area contributed by atoms with Crippen LogP contribution in [-0.2, 0) is 14.8 Å². The molecule has 134 valence electrons. The van der Waals surface area contributed by atoms with Gasteiger partial charge in [0.05, 0.1) is 11.4 Å². The summed E-state index contributed by atoms with van der Waals surface area (Å²) < 4.78 is 26.5. The Bertz CT molecular complexity index is 887. The maximum atomic E-state index is 12.8. The molecule has 1 N–H and O–H groups in total. The minimum atomic E-state index is -3.91. The van der Waals surface area contributed by atoms with E-state index >= 15 is 0 Å². The van der Waals surface area contributed by atoms with Crippen molar-refractivity contribution in [3.8, 4) is 0 Å². The summed E-state index contributed by atoms with van der Waals surface area (Å²) in [6.45, 7) is 5.21. The van der Waals surface area contributed by atoms with E-state index in [1.807, 2.05) is 6.92 Å². The number of amides is 1. The number of anilines is 1. The van der Waals surface area contributed by atoms with Crippen LogP contribution in [0.1, 0.15) is 16.7 Å². The van der Waals surface area contributed by atoms with E-state index in [0.717, 1.165) is 9.87 Å². The van der Waals surface area contributed by atoms with Crippen LogP contribution in [0.15, 0.2) is 41.3 Å². The highest BCUT2D eigenvalue weighted by Gasteiger charge is 2.28. The lowest BCUT2D eigenvalue weighted by Crippen LogP contribution is -2.37. The fourth-order valence-electron chi connectivity index (χ4n) is 2.73. The number of aryl methyl sites for hydroxylation is 3. The van der Waals surface area contributed by atoms with Crippen molar-refractivity contribution in [3.63, 3.8) is 0 Å². The molecule has 2 rings (SSSR count). The lowest BCUT2D eigenvalue weighted by Gasteiger charge is -2.21. The summed E-state index contributed by atoms with van der Waals surface area (Å²) in [6, 6.07) is 10.5. The van der Waals surface area contributed by atoms with Crippen LogP contribution in [0.2, 0.25) is 5.02 Å². The predicted molar refractivity (Wildman–Crippen MR) is 101 cm³/mol. The molecule has 25 heavy (non-hydrogen) atoms. The molecule has 0 radical (unpaired) electrons. The van der Waals surface area contributed by atoms with Gasteiger partial charge in [0, 0.05) is 17.8 Å². The molecule has 7 heteroatoms. The van der Waals surface area contributed by atoms with Crippen molar-refractivity contribution < 1.29 is 13.2 Å². The van der Waals surface area contributed by atoms with Crippen molar-refractivity contribution in [3.05, 3.63) is 58.1 Å². The van der Waals surface area contributed by atoms with E-state index in [4.69, 9.17) is 11.6 Å². The van der Waals surface area contributed by atoms with E-state index in [9.17, 15) is 13.2 Å². The van der Waals surface area contributed by atoms with Gasteiger partial charge in [-0.05, 0) is 50.1 Å². The largest absolute Gasteiger partial charge is 0.376 e. The van der Waals surface area contributed by atoms with Crippen molar-refractivity contribution in [2.45, 2.75) is 25.7 Å². The molecule has 2 aromatic rings. The van der Waals surface area contributed by atoms with E-state index in [1.165, 1.54) is 7.05 Å². The first-order valence-corrected chi connectivity index (χ1v) is 9.54. The van der Waals surface area contributed by atoms with Gasteiger partial charge in [-0.15, -0.1) is 0 Å². The minimum Gasteiger partial charge on any atom is -0.376 e. The average molecular weight is 381 g/mol. The number of hydrogen-bond acceptors (Lipinski definition) is 4. The van der Waals surface area contributed by atoms with Gasteiger partial charge in [-0.25, -0.2) is 12.7 Å². The number of halogens is 1. The van der Waals surface area contributed by atoms with E-state index in [1.54, 1.807) is 50.2 Å². The summed E-state index contributed by atoms with van der Waals surface area (Å²) in [5.41, 5.74) is 2.87. The Kier molecular flexibility index (Phi) is 5.75. The molecule has 0 saturated heterocycles. The molecule has 0 heterocycles. The van der Waals surface area contributed by atoms with Crippen LogP contribution in [0.5, 0.6) is 0 Å². The molecule has 1 amide bonds. The van der Waals surface area contributed by atoms with Crippen LogP contribution in [-0.4, -0.2) is 32.2 Å². The second-order valence-electron chi connectivity index (χ2n) is 5.96. The number of carbonyl (C=O) groups excluding carboxylic acids is 1. The van der Waals surface area contributed by atoms with E-state index in [2.05, 4.69) is 5.32 Å².